The third kappa shape index (κ3) is 2.39. The second-order valence-electron chi connectivity index (χ2n) is 4.10. The number of fused-ring (bicyclic) bond motifs is 1. The van der Waals surface area contributed by atoms with Gasteiger partial charge in [0.1, 0.15) is 11.3 Å². The van der Waals surface area contributed by atoms with E-state index in [1.165, 1.54) is 0 Å². The summed E-state index contributed by atoms with van der Waals surface area (Å²) in [6.07, 6.45) is 0. The van der Waals surface area contributed by atoms with Gasteiger partial charge in [0.05, 0.1) is 22.2 Å². The van der Waals surface area contributed by atoms with E-state index in [-0.39, 0.29) is 0 Å². The molecule has 0 spiro atoms. The van der Waals surface area contributed by atoms with Crippen LogP contribution in [0, 0.1) is 0 Å². The number of methoxy groups -OCH3 is 1. The Morgan fingerprint density at radius 1 is 1.20 bits per heavy atom. The van der Waals surface area contributed by atoms with Gasteiger partial charge in [0.15, 0.2) is 5.58 Å². The molecular formula is C14H8BrCl2NO2. The van der Waals surface area contributed by atoms with Crippen molar-refractivity contribution in [2.75, 3.05) is 7.11 Å². The van der Waals surface area contributed by atoms with E-state index < -0.39 is 0 Å². The van der Waals surface area contributed by atoms with Crippen LogP contribution < -0.4 is 4.74 Å². The average molecular weight is 373 g/mol. The van der Waals surface area contributed by atoms with E-state index in [1.807, 2.05) is 6.07 Å². The number of ether oxygens (including phenoxy) is 1. The van der Waals surface area contributed by atoms with Crippen LogP contribution in [0.2, 0.25) is 10.0 Å². The molecule has 0 N–H and O–H groups in total. The highest BCUT2D eigenvalue weighted by Gasteiger charge is 2.15. The summed E-state index contributed by atoms with van der Waals surface area (Å²) in [6.45, 7) is 0. The van der Waals surface area contributed by atoms with E-state index in [1.54, 1.807) is 31.4 Å². The highest BCUT2D eigenvalue weighted by molar-refractivity contribution is 9.10. The van der Waals surface area contributed by atoms with Crippen LogP contribution in [0.1, 0.15) is 0 Å². The van der Waals surface area contributed by atoms with E-state index in [2.05, 4.69) is 20.9 Å². The highest BCUT2D eigenvalue weighted by atomic mass is 79.9. The fraction of sp³-hybridized carbons (Fsp3) is 0.0714. The van der Waals surface area contributed by atoms with Crippen molar-refractivity contribution in [3.63, 3.8) is 0 Å². The van der Waals surface area contributed by atoms with Crippen molar-refractivity contribution in [2.45, 2.75) is 0 Å². The summed E-state index contributed by atoms with van der Waals surface area (Å²) in [5, 5.41) is 1.06. The summed E-state index contributed by atoms with van der Waals surface area (Å²) in [4.78, 5) is 4.44. The summed E-state index contributed by atoms with van der Waals surface area (Å²) in [7, 11) is 1.60. The number of oxazole rings is 1. The molecule has 0 fully saturated rings. The van der Waals surface area contributed by atoms with Crippen LogP contribution in [0.15, 0.2) is 39.2 Å². The summed E-state index contributed by atoms with van der Waals surface area (Å²) in [5.74, 6) is 1.14. The predicted molar refractivity (Wildman–Crippen MR) is 83.7 cm³/mol. The fourth-order valence-electron chi connectivity index (χ4n) is 1.86. The van der Waals surface area contributed by atoms with Crippen molar-refractivity contribution in [2.24, 2.45) is 0 Å². The number of nitrogens with zero attached hydrogens (tertiary/aromatic N) is 1. The molecule has 1 heterocycles. The summed E-state index contributed by atoms with van der Waals surface area (Å²) in [5.41, 5.74) is 2.03. The van der Waals surface area contributed by atoms with Crippen LogP contribution in [-0.2, 0) is 0 Å². The number of aromatic nitrogens is 1. The Hall–Kier alpha value is -1.23. The molecule has 2 aromatic carbocycles. The van der Waals surface area contributed by atoms with Crippen LogP contribution >= 0.6 is 39.1 Å². The second-order valence-corrected chi connectivity index (χ2v) is 5.80. The molecule has 0 amide bonds. The Morgan fingerprint density at radius 2 is 2.00 bits per heavy atom. The van der Waals surface area contributed by atoms with Gasteiger partial charge >= 0.3 is 0 Å². The van der Waals surface area contributed by atoms with Gasteiger partial charge in [0, 0.05) is 11.1 Å². The molecule has 0 aliphatic carbocycles. The number of benzene rings is 2. The minimum atomic E-state index is 0.440. The van der Waals surface area contributed by atoms with Gasteiger partial charge in [-0.15, -0.1) is 0 Å². The van der Waals surface area contributed by atoms with Crippen LogP contribution in [0.25, 0.3) is 22.6 Å². The largest absolute Gasteiger partial charge is 0.497 e. The zero-order valence-corrected chi connectivity index (χ0v) is 13.4. The van der Waals surface area contributed by atoms with E-state index in [0.29, 0.717) is 38.3 Å². The third-order valence-electron chi connectivity index (χ3n) is 2.82. The van der Waals surface area contributed by atoms with E-state index in [4.69, 9.17) is 32.4 Å². The Morgan fingerprint density at radius 3 is 2.70 bits per heavy atom. The molecule has 0 unspecified atom stereocenters. The van der Waals surface area contributed by atoms with Gasteiger partial charge in [-0.05, 0) is 40.2 Å². The molecule has 6 heteroatoms. The Bertz CT molecular complexity index is 801. The standard InChI is InChI=1S/C14H8BrCl2NO2/c1-19-8-5-10(15)13-12(6-8)18-14(20-13)9-3-2-7(16)4-11(9)17/h2-6H,1H3. The van der Waals surface area contributed by atoms with E-state index >= 15 is 0 Å². The average Bonchev–Trinajstić information content (AvgIpc) is 2.82. The molecule has 0 bridgehead atoms. The molecule has 3 aromatic rings. The first kappa shape index (κ1) is 13.7. The Kier molecular flexibility index (Phi) is 3.63. The monoisotopic (exact) mass is 371 g/mol. The first-order valence-corrected chi connectivity index (χ1v) is 7.23. The number of rotatable bonds is 2. The maximum Gasteiger partial charge on any atom is 0.228 e. The van der Waals surface area contributed by atoms with Gasteiger partial charge in [-0.1, -0.05) is 23.2 Å². The molecule has 0 atom stereocenters. The normalized spacial score (nSPS) is 11.0. The molecule has 0 aliphatic rings. The summed E-state index contributed by atoms with van der Waals surface area (Å²) < 4.78 is 11.7. The minimum absolute atomic E-state index is 0.440. The zero-order valence-electron chi connectivity index (χ0n) is 10.3. The van der Waals surface area contributed by atoms with Crippen LogP contribution in [0.4, 0.5) is 0 Å². The molecule has 0 saturated carbocycles. The first-order valence-electron chi connectivity index (χ1n) is 5.68. The van der Waals surface area contributed by atoms with E-state index in [9.17, 15) is 0 Å². The molecule has 0 aliphatic heterocycles. The SMILES string of the molecule is COc1cc(Br)c2oc(-c3ccc(Cl)cc3Cl)nc2c1. The second kappa shape index (κ2) is 5.28. The molecule has 1 aromatic heterocycles. The molecular weight excluding hydrogens is 365 g/mol. The van der Waals surface area contributed by atoms with Crippen LogP contribution in [-0.4, -0.2) is 12.1 Å². The van der Waals surface area contributed by atoms with Crippen molar-refractivity contribution in [3.8, 4) is 17.2 Å². The van der Waals surface area contributed by atoms with Gasteiger partial charge in [-0.2, -0.15) is 0 Å². The van der Waals surface area contributed by atoms with Crippen molar-refractivity contribution in [1.29, 1.82) is 0 Å². The minimum Gasteiger partial charge on any atom is -0.497 e. The lowest BCUT2D eigenvalue weighted by Crippen LogP contribution is -1.82. The third-order valence-corrected chi connectivity index (χ3v) is 3.95. The number of halogens is 3. The lowest BCUT2D eigenvalue weighted by atomic mass is 10.2. The highest BCUT2D eigenvalue weighted by Crippen LogP contribution is 2.35. The molecule has 3 nitrogen and oxygen atoms in total. The molecule has 0 saturated heterocycles. The molecule has 102 valence electrons. The van der Waals surface area contributed by atoms with Crippen molar-refractivity contribution in [1.82, 2.24) is 4.98 Å². The Labute approximate surface area is 133 Å². The number of hydrogen-bond acceptors (Lipinski definition) is 3. The molecule has 3 rings (SSSR count). The first-order chi connectivity index (χ1) is 9.58. The van der Waals surface area contributed by atoms with Crippen LogP contribution in [0.3, 0.4) is 0 Å². The van der Waals surface area contributed by atoms with Gasteiger partial charge in [0.2, 0.25) is 5.89 Å². The topological polar surface area (TPSA) is 35.3 Å². The predicted octanol–water partition coefficient (Wildman–Crippen LogP) is 5.57. The van der Waals surface area contributed by atoms with Crippen molar-refractivity contribution in [3.05, 3.63) is 44.8 Å². The smallest absolute Gasteiger partial charge is 0.228 e. The zero-order chi connectivity index (χ0) is 14.3. The lowest BCUT2D eigenvalue weighted by molar-refractivity contribution is 0.415. The van der Waals surface area contributed by atoms with Crippen molar-refractivity contribution < 1.29 is 9.15 Å². The quantitative estimate of drug-likeness (QED) is 0.589. The molecule has 0 radical (unpaired) electrons. The van der Waals surface area contributed by atoms with Crippen molar-refractivity contribution >= 4 is 50.2 Å². The van der Waals surface area contributed by atoms with Gasteiger partial charge in [-0.3, -0.25) is 0 Å². The van der Waals surface area contributed by atoms with E-state index in [0.717, 1.165) is 4.47 Å². The molecule has 20 heavy (non-hydrogen) atoms. The number of hydrogen-bond donors (Lipinski definition) is 0. The lowest BCUT2D eigenvalue weighted by Gasteiger charge is -1.99. The fourth-order valence-corrected chi connectivity index (χ4v) is 2.86. The van der Waals surface area contributed by atoms with Crippen LogP contribution in [0.5, 0.6) is 5.75 Å². The Balaban J connectivity index is 2.20. The van der Waals surface area contributed by atoms with Gasteiger partial charge in [-0.25, -0.2) is 4.98 Å². The maximum absolute atomic E-state index is 6.17. The summed E-state index contributed by atoms with van der Waals surface area (Å²) in [6, 6.07) is 8.80. The summed E-state index contributed by atoms with van der Waals surface area (Å²) >= 11 is 15.5. The maximum atomic E-state index is 6.17. The van der Waals surface area contributed by atoms with Gasteiger partial charge < -0.3 is 9.15 Å². The van der Waals surface area contributed by atoms with Gasteiger partial charge in [0.25, 0.3) is 0 Å².